The molecule has 1 N–H and O–H groups in total. The van der Waals surface area contributed by atoms with Crippen molar-refractivity contribution in [2.24, 2.45) is 0 Å². The summed E-state index contributed by atoms with van der Waals surface area (Å²) in [5, 5.41) is 2.99. The summed E-state index contributed by atoms with van der Waals surface area (Å²) in [6, 6.07) is 19.4. The minimum absolute atomic E-state index is 0.240. The molecule has 5 heteroatoms. The minimum atomic E-state index is -0.240. The number of aromatic nitrogens is 2. The smallest absolute Gasteiger partial charge is 0.274 e. The van der Waals surface area contributed by atoms with E-state index in [2.05, 4.69) is 29.1 Å². The highest BCUT2D eigenvalue weighted by Crippen LogP contribution is 2.25. The number of benzene rings is 2. The quantitative estimate of drug-likeness (QED) is 0.701. The number of aryl methyl sites for hydroxylation is 1. The van der Waals surface area contributed by atoms with E-state index in [9.17, 15) is 4.79 Å². The maximum atomic E-state index is 12.8. The van der Waals surface area contributed by atoms with Crippen LogP contribution in [0.3, 0.4) is 0 Å². The molecule has 0 unspecified atom stereocenters. The molecule has 138 valence electrons. The lowest BCUT2D eigenvalue weighted by atomic mass is 10.0. The van der Waals surface area contributed by atoms with Crippen LogP contribution in [-0.4, -0.2) is 22.9 Å². The number of hydrogen-bond donors (Lipinski definition) is 1. The zero-order valence-corrected chi connectivity index (χ0v) is 16.1. The van der Waals surface area contributed by atoms with E-state index in [1.165, 1.54) is 0 Å². The van der Waals surface area contributed by atoms with E-state index in [0.29, 0.717) is 17.6 Å². The van der Waals surface area contributed by atoms with Gasteiger partial charge in [-0.25, -0.2) is 9.97 Å². The van der Waals surface area contributed by atoms with Crippen molar-refractivity contribution in [3.8, 4) is 0 Å². The molecule has 3 rings (SSSR count). The van der Waals surface area contributed by atoms with Gasteiger partial charge >= 0.3 is 0 Å². The molecule has 0 radical (unpaired) electrons. The highest BCUT2D eigenvalue weighted by Gasteiger charge is 2.16. The fourth-order valence-electron chi connectivity index (χ4n) is 2.89. The van der Waals surface area contributed by atoms with Crippen LogP contribution in [-0.2, 0) is 0 Å². The molecule has 0 fully saturated rings. The molecule has 0 bridgehead atoms. The topological polar surface area (TPSA) is 58.1 Å². The Labute approximate surface area is 160 Å². The molecule has 5 nitrogen and oxygen atoms in total. The molecule has 27 heavy (non-hydrogen) atoms. The van der Waals surface area contributed by atoms with Crippen LogP contribution in [0.1, 0.15) is 41.5 Å². The second-order valence-electron chi connectivity index (χ2n) is 6.79. The molecule has 0 spiro atoms. The van der Waals surface area contributed by atoms with Crippen molar-refractivity contribution in [3.63, 3.8) is 0 Å². The number of hydrogen-bond acceptors (Lipinski definition) is 4. The predicted molar refractivity (Wildman–Crippen MR) is 110 cm³/mol. The van der Waals surface area contributed by atoms with E-state index >= 15 is 0 Å². The number of nitrogens with zero attached hydrogens (tertiary/aromatic N) is 3. The van der Waals surface area contributed by atoms with Crippen LogP contribution in [0.15, 0.2) is 60.7 Å². The Hall–Kier alpha value is -3.21. The fraction of sp³-hybridized carbons (Fsp3) is 0.227. The first-order valence-corrected chi connectivity index (χ1v) is 9.00. The van der Waals surface area contributed by atoms with Crippen molar-refractivity contribution < 1.29 is 4.79 Å². The lowest BCUT2D eigenvalue weighted by Gasteiger charge is -2.18. The van der Waals surface area contributed by atoms with Gasteiger partial charge in [0.15, 0.2) is 0 Å². The first-order valence-electron chi connectivity index (χ1n) is 9.00. The lowest BCUT2D eigenvalue weighted by Crippen LogP contribution is -2.19. The van der Waals surface area contributed by atoms with Crippen LogP contribution in [0.25, 0.3) is 0 Å². The SMILES string of the molecule is Cc1cc(C(=O)Nc2ccccc2C(C)C)nc(N(C)c2ccccc2)n1. The average molecular weight is 360 g/mol. The highest BCUT2D eigenvalue weighted by molar-refractivity contribution is 6.03. The molecular weight excluding hydrogens is 336 g/mol. The van der Waals surface area contributed by atoms with Gasteiger partial charge in [-0.3, -0.25) is 4.79 Å². The van der Waals surface area contributed by atoms with Crippen molar-refractivity contribution >= 4 is 23.2 Å². The Bertz CT molecular complexity index is 938. The van der Waals surface area contributed by atoms with Gasteiger partial charge < -0.3 is 10.2 Å². The third-order valence-corrected chi connectivity index (χ3v) is 4.35. The highest BCUT2D eigenvalue weighted by atomic mass is 16.1. The third kappa shape index (κ3) is 4.31. The van der Waals surface area contributed by atoms with E-state index < -0.39 is 0 Å². The van der Waals surface area contributed by atoms with Crippen LogP contribution in [0.5, 0.6) is 0 Å². The van der Waals surface area contributed by atoms with Gasteiger partial charge in [-0.05, 0) is 42.7 Å². The Balaban J connectivity index is 1.89. The van der Waals surface area contributed by atoms with Gasteiger partial charge in [0, 0.05) is 24.1 Å². The summed E-state index contributed by atoms with van der Waals surface area (Å²) in [7, 11) is 1.89. The van der Waals surface area contributed by atoms with Crippen LogP contribution in [0, 0.1) is 6.92 Å². The summed E-state index contributed by atoms with van der Waals surface area (Å²) in [6.45, 7) is 6.07. The molecule has 0 aliphatic rings. The van der Waals surface area contributed by atoms with Crippen LogP contribution < -0.4 is 10.2 Å². The second kappa shape index (κ2) is 7.99. The Morgan fingerprint density at radius 2 is 1.67 bits per heavy atom. The number of para-hydroxylation sites is 2. The first-order chi connectivity index (χ1) is 13.0. The normalized spacial score (nSPS) is 10.7. The lowest BCUT2D eigenvalue weighted by molar-refractivity contribution is 0.102. The first kappa shape index (κ1) is 18.6. The van der Waals surface area contributed by atoms with Crippen molar-refractivity contribution in [2.75, 3.05) is 17.3 Å². The molecular formula is C22H24N4O. The molecule has 3 aromatic rings. The maximum absolute atomic E-state index is 12.8. The van der Waals surface area contributed by atoms with E-state index in [1.54, 1.807) is 6.07 Å². The average Bonchev–Trinajstić information content (AvgIpc) is 2.67. The van der Waals surface area contributed by atoms with Crippen LogP contribution >= 0.6 is 0 Å². The van der Waals surface area contributed by atoms with Gasteiger partial charge in [0.1, 0.15) is 5.69 Å². The molecule has 0 saturated heterocycles. The molecule has 0 aliphatic heterocycles. The predicted octanol–water partition coefficient (Wildman–Crippen LogP) is 4.93. The van der Waals surface area contributed by atoms with Gasteiger partial charge in [0.05, 0.1) is 0 Å². The van der Waals surface area contributed by atoms with Crippen molar-refractivity contribution in [2.45, 2.75) is 26.7 Å². The summed E-state index contributed by atoms with van der Waals surface area (Å²) < 4.78 is 0. The molecule has 0 saturated carbocycles. The largest absolute Gasteiger partial charge is 0.320 e. The zero-order valence-electron chi connectivity index (χ0n) is 16.1. The number of amides is 1. The second-order valence-corrected chi connectivity index (χ2v) is 6.79. The Morgan fingerprint density at radius 3 is 2.37 bits per heavy atom. The summed E-state index contributed by atoms with van der Waals surface area (Å²) in [5.41, 5.74) is 3.95. The molecule has 2 aromatic carbocycles. The Kier molecular flexibility index (Phi) is 5.50. The van der Waals surface area contributed by atoms with Gasteiger partial charge in [-0.15, -0.1) is 0 Å². The molecule has 0 aliphatic carbocycles. The number of anilines is 3. The minimum Gasteiger partial charge on any atom is -0.320 e. The Morgan fingerprint density at radius 1 is 1.00 bits per heavy atom. The molecule has 1 amide bonds. The standard InChI is InChI=1S/C22H24N4O/c1-15(2)18-12-8-9-13-19(18)24-21(27)20-14-16(3)23-22(25-20)26(4)17-10-6-5-7-11-17/h5-15H,1-4H3,(H,24,27). The summed E-state index contributed by atoms with van der Waals surface area (Å²) in [4.78, 5) is 23.7. The van der Waals surface area contributed by atoms with E-state index in [1.807, 2.05) is 73.5 Å². The maximum Gasteiger partial charge on any atom is 0.274 e. The zero-order chi connectivity index (χ0) is 19.4. The van der Waals surface area contributed by atoms with Gasteiger partial charge in [0.25, 0.3) is 5.91 Å². The monoisotopic (exact) mass is 360 g/mol. The van der Waals surface area contributed by atoms with Gasteiger partial charge in [0.2, 0.25) is 5.95 Å². The van der Waals surface area contributed by atoms with Crippen LogP contribution in [0.2, 0.25) is 0 Å². The molecule has 1 heterocycles. The van der Waals surface area contributed by atoms with Crippen LogP contribution in [0.4, 0.5) is 17.3 Å². The number of carbonyl (C=O) groups excluding carboxylic acids is 1. The van der Waals surface area contributed by atoms with Gasteiger partial charge in [-0.2, -0.15) is 0 Å². The van der Waals surface area contributed by atoms with E-state index in [-0.39, 0.29) is 5.91 Å². The van der Waals surface area contributed by atoms with Crippen molar-refractivity contribution in [1.82, 2.24) is 9.97 Å². The van der Waals surface area contributed by atoms with E-state index in [4.69, 9.17) is 0 Å². The number of carbonyl (C=O) groups is 1. The fourth-order valence-corrected chi connectivity index (χ4v) is 2.89. The van der Waals surface area contributed by atoms with Crippen molar-refractivity contribution in [1.29, 1.82) is 0 Å². The summed E-state index contributed by atoms with van der Waals surface area (Å²) in [6.07, 6.45) is 0. The van der Waals surface area contributed by atoms with Gasteiger partial charge in [-0.1, -0.05) is 50.2 Å². The third-order valence-electron chi connectivity index (χ3n) is 4.35. The molecule has 0 atom stereocenters. The number of nitrogens with one attached hydrogen (secondary N) is 1. The summed E-state index contributed by atoms with van der Waals surface area (Å²) in [5.74, 6) is 0.563. The number of rotatable bonds is 5. The summed E-state index contributed by atoms with van der Waals surface area (Å²) >= 11 is 0. The van der Waals surface area contributed by atoms with Crippen molar-refractivity contribution in [3.05, 3.63) is 77.6 Å². The van der Waals surface area contributed by atoms with E-state index in [0.717, 1.165) is 22.6 Å². The molecule has 1 aromatic heterocycles.